The Labute approximate surface area is 210 Å². The van der Waals surface area contributed by atoms with Crippen LogP contribution in [0.3, 0.4) is 0 Å². The lowest BCUT2D eigenvalue weighted by molar-refractivity contribution is -0.122. The highest BCUT2D eigenvalue weighted by Gasteiger charge is 2.28. The van der Waals surface area contributed by atoms with Crippen molar-refractivity contribution in [3.05, 3.63) is 104 Å². The number of phenols is 1. The molecule has 11 heteroatoms. The van der Waals surface area contributed by atoms with Crippen LogP contribution in [-0.4, -0.2) is 38.4 Å². The van der Waals surface area contributed by atoms with Gasteiger partial charge in [-0.05, 0) is 36.6 Å². The summed E-state index contributed by atoms with van der Waals surface area (Å²) in [6, 6.07) is 14.3. The average molecular weight is 507 g/mol. The van der Waals surface area contributed by atoms with E-state index in [0.717, 1.165) is 11.6 Å². The quantitative estimate of drug-likeness (QED) is 0.230. The third kappa shape index (κ3) is 5.89. The van der Waals surface area contributed by atoms with Crippen LogP contribution < -0.4 is 21.2 Å². The molecule has 1 amide bonds. The van der Waals surface area contributed by atoms with E-state index in [-0.39, 0.29) is 35.3 Å². The van der Waals surface area contributed by atoms with E-state index in [1.54, 1.807) is 13.0 Å². The summed E-state index contributed by atoms with van der Waals surface area (Å²) in [6.07, 6.45) is 0.101. The molecular formula is C26H26N4O7. The van der Waals surface area contributed by atoms with Crippen molar-refractivity contribution in [2.45, 2.75) is 31.7 Å². The molecular weight excluding hydrogens is 480 g/mol. The average Bonchev–Trinajstić information content (AvgIpc) is 3.32. The third-order valence-electron chi connectivity index (χ3n) is 5.85. The lowest BCUT2D eigenvalue weighted by Crippen LogP contribution is -2.32. The van der Waals surface area contributed by atoms with Crippen molar-refractivity contribution >= 4 is 5.91 Å². The van der Waals surface area contributed by atoms with Gasteiger partial charge in [-0.3, -0.25) is 14.6 Å². The van der Waals surface area contributed by atoms with Crippen LogP contribution in [0, 0.1) is 6.92 Å². The molecule has 0 bridgehead atoms. The van der Waals surface area contributed by atoms with Gasteiger partial charge in [-0.1, -0.05) is 36.4 Å². The predicted octanol–water partition coefficient (Wildman–Crippen LogP) is 2.40. The molecule has 11 nitrogen and oxygen atoms in total. The molecule has 5 N–H and O–H groups in total. The van der Waals surface area contributed by atoms with E-state index in [0.29, 0.717) is 12.0 Å². The number of aryl methyl sites for hydroxylation is 1. The number of aromatic nitrogens is 3. The van der Waals surface area contributed by atoms with Crippen LogP contribution in [0.5, 0.6) is 17.2 Å². The zero-order valence-electron chi connectivity index (χ0n) is 20.1. The lowest BCUT2D eigenvalue weighted by atomic mass is 9.91. The van der Waals surface area contributed by atoms with Gasteiger partial charge in [0.05, 0.1) is 19.1 Å². The molecule has 0 fully saturated rings. The Morgan fingerprint density at radius 1 is 1.14 bits per heavy atom. The molecule has 37 heavy (non-hydrogen) atoms. The lowest BCUT2D eigenvalue weighted by Gasteiger charge is -2.21. The Bertz CT molecular complexity index is 1510. The SMILES string of the molecule is COc1cc([C@@H](CC(=O)N[C@@H](Cc2ccccc2)c2n[nH]c(=O)[nH]2)c2oc(C)cc(=O)c2O)ccc1O. The smallest absolute Gasteiger partial charge is 0.340 e. The first kappa shape index (κ1) is 25.3. The number of hydrogen-bond donors (Lipinski definition) is 5. The normalized spacial score (nSPS) is 12.6. The molecule has 2 aromatic carbocycles. The number of nitrogens with one attached hydrogen (secondary N) is 3. The molecule has 0 unspecified atom stereocenters. The Morgan fingerprint density at radius 3 is 2.57 bits per heavy atom. The van der Waals surface area contributed by atoms with Crippen LogP contribution in [-0.2, 0) is 11.2 Å². The number of aromatic amines is 2. The largest absolute Gasteiger partial charge is 0.504 e. The molecule has 2 aromatic heterocycles. The maximum atomic E-state index is 13.4. The third-order valence-corrected chi connectivity index (χ3v) is 5.85. The molecule has 0 saturated heterocycles. The summed E-state index contributed by atoms with van der Waals surface area (Å²) in [5, 5.41) is 29.7. The number of carbonyl (C=O) groups is 1. The Kier molecular flexibility index (Phi) is 7.42. The van der Waals surface area contributed by atoms with Crippen molar-refractivity contribution < 1.29 is 24.2 Å². The maximum Gasteiger partial charge on any atom is 0.340 e. The molecule has 0 saturated carbocycles. The monoisotopic (exact) mass is 506 g/mol. The summed E-state index contributed by atoms with van der Waals surface area (Å²) in [4.78, 5) is 39.9. The van der Waals surface area contributed by atoms with Gasteiger partial charge in [0.2, 0.25) is 17.1 Å². The molecule has 2 heterocycles. The zero-order valence-corrected chi connectivity index (χ0v) is 20.1. The fourth-order valence-electron chi connectivity index (χ4n) is 4.09. The number of methoxy groups -OCH3 is 1. The number of H-pyrrole nitrogens is 2. The van der Waals surface area contributed by atoms with E-state index >= 15 is 0 Å². The van der Waals surface area contributed by atoms with Gasteiger partial charge in [0.1, 0.15) is 5.76 Å². The Balaban J connectivity index is 1.69. The highest BCUT2D eigenvalue weighted by atomic mass is 16.5. The molecule has 4 rings (SSSR count). The first-order valence-corrected chi connectivity index (χ1v) is 11.4. The van der Waals surface area contributed by atoms with Crippen LogP contribution in [0.4, 0.5) is 0 Å². The van der Waals surface area contributed by atoms with Crippen molar-refractivity contribution in [1.29, 1.82) is 0 Å². The van der Waals surface area contributed by atoms with Crippen LogP contribution >= 0.6 is 0 Å². The first-order valence-electron chi connectivity index (χ1n) is 11.4. The van der Waals surface area contributed by atoms with E-state index in [1.807, 2.05) is 30.3 Å². The Hall–Kier alpha value is -4.80. The van der Waals surface area contributed by atoms with Crippen molar-refractivity contribution in [3.8, 4) is 17.2 Å². The van der Waals surface area contributed by atoms with E-state index < -0.39 is 34.7 Å². The van der Waals surface area contributed by atoms with Crippen molar-refractivity contribution in [2.75, 3.05) is 7.11 Å². The van der Waals surface area contributed by atoms with E-state index in [1.165, 1.54) is 19.2 Å². The van der Waals surface area contributed by atoms with Crippen LogP contribution in [0.25, 0.3) is 0 Å². The summed E-state index contributed by atoms with van der Waals surface area (Å²) in [6.45, 7) is 1.56. The topological polar surface area (TPSA) is 171 Å². The zero-order chi connectivity index (χ0) is 26.5. The number of phenolic OH excluding ortho intramolecular Hbond substituents is 1. The van der Waals surface area contributed by atoms with Crippen molar-refractivity contribution in [1.82, 2.24) is 20.5 Å². The number of carbonyl (C=O) groups excluding carboxylic acids is 1. The highest BCUT2D eigenvalue weighted by Crippen LogP contribution is 2.37. The fourth-order valence-corrected chi connectivity index (χ4v) is 4.09. The van der Waals surface area contributed by atoms with Gasteiger partial charge in [-0.15, -0.1) is 0 Å². The van der Waals surface area contributed by atoms with E-state index in [4.69, 9.17) is 9.15 Å². The highest BCUT2D eigenvalue weighted by molar-refractivity contribution is 5.78. The van der Waals surface area contributed by atoms with Crippen molar-refractivity contribution in [3.63, 3.8) is 0 Å². The molecule has 0 aliphatic heterocycles. The minimum absolute atomic E-state index is 0.0966. The maximum absolute atomic E-state index is 13.4. The molecule has 192 valence electrons. The van der Waals surface area contributed by atoms with E-state index in [2.05, 4.69) is 20.5 Å². The Morgan fingerprint density at radius 2 is 1.89 bits per heavy atom. The number of aromatic hydroxyl groups is 2. The standard InChI is InChI=1S/C26H26N4O7/c1-14-10-20(32)23(34)24(37-14)17(16-8-9-19(31)21(12-16)36-2)13-22(33)27-18(25-28-26(35)30-29-25)11-15-6-4-3-5-7-15/h3-10,12,17-18,31,34H,11,13H2,1-2H3,(H,27,33)(H2,28,29,30,35)/t17-,18+/m1/s1. The molecule has 0 aliphatic carbocycles. The summed E-state index contributed by atoms with van der Waals surface area (Å²) in [5.74, 6) is -1.56. The summed E-state index contributed by atoms with van der Waals surface area (Å²) in [5.41, 5.74) is 0.203. The van der Waals surface area contributed by atoms with Crippen LogP contribution in [0.2, 0.25) is 0 Å². The van der Waals surface area contributed by atoms with Gasteiger partial charge < -0.3 is 24.7 Å². The molecule has 0 aliphatic rings. The number of benzene rings is 2. The number of ether oxygens (including phenoxy) is 1. The number of hydrogen-bond acceptors (Lipinski definition) is 8. The molecule has 4 aromatic rings. The fraction of sp³-hybridized carbons (Fsp3) is 0.231. The van der Waals surface area contributed by atoms with Gasteiger partial charge in [0, 0.05) is 12.5 Å². The number of nitrogens with zero attached hydrogens (tertiary/aromatic N) is 1. The van der Waals surface area contributed by atoms with Crippen molar-refractivity contribution in [2.24, 2.45) is 0 Å². The summed E-state index contributed by atoms with van der Waals surface area (Å²) in [7, 11) is 1.38. The second-order valence-corrected chi connectivity index (χ2v) is 8.49. The van der Waals surface area contributed by atoms with Gasteiger partial charge in [-0.25, -0.2) is 9.89 Å². The minimum atomic E-state index is -0.905. The van der Waals surface area contributed by atoms with Gasteiger partial charge in [-0.2, -0.15) is 5.10 Å². The summed E-state index contributed by atoms with van der Waals surface area (Å²) >= 11 is 0. The van der Waals surface area contributed by atoms with E-state index in [9.17, 15) is 24.6 Å². The van der Waals surface area contributed by atoms with Gasteiger partial charge in [0.25, 0.3) is 0 Å². The van der Waals surface area contributed by atoms with Gasteiger partial charge >= 0.3 is 5.69 Å². The second kappa shape index (κ2) is 10.9. The second-order valence-electron chi connectivity index (χ2n) is 8.49. The predicted molar refractivity (Wildman–Crippen MR) is 133 cm³/mol. The first-order chi connectivity index (χ1) is 17.7. The van der Waals surface area contributed by atoms with Crippen LogP contribution in [0.15, 0.2) is 68.6 Å². The van der Waals surface area contributed by atoms with Gasteiger partial charge in [0.15, 0.2) is 23.1 Å². The summed E-state index contributed by atoms with van der Waals surface area (Å²) < 4.78 is 10.9. The molecule has 0 radical (unpaired) electrons. The number of rotatable bonds is 9. The molecule has 2 atom stereocenters. The number of amides is 1. The minimum Gasteiger partial charge on any atom is -0.504 e. The van der Waals surface area contributed by atoms with Crippen LogP contribution in [0.1, 0.15) is 46.9 Å². The molecule has 0 spiro atoms.